The van der Waals surface area contributed by atoms with Gasteiger partial charge in [-0.2, -0.15) is 8.61 Å². The van der Waals surface area contributed by atoms with Gasteiger partial charge < -0.3 is 4.74 Å². The van der Waals surface area contributed by atoms with Gasteiger partial charge >= 0.3 is 0 Å². The molecule has 2 heterocycles. The molecule has 0 spiro atoms. The van der Waals surface area contributed by atoms with Gasteiger partial charge in [0.05, 0.1) is 11.2 Å². The summed E-state index contributed by atoms with van der Waals surface area (Å²) in [6, 6.07) is 4.72. The van der Waals surface area contributed by atoms with Crippen LogP contribution in [0.15, 0.2) is 33.6 Å². The van der Waals surface area contributed by atoms with E-state index >= 15 is 0 Å². The molecule has 13 heteroatoms. The number of benzene rings is 1. The first-order valence-corrected chi connectivity index (χ1v) is 13.5. The highest BCUT2D eigenvalue weighted by molar-refractivity contribution is 9.10. The Morgan fingerprint density at radius 1 is 1.17 bits per heavy atom. The van der Waals surface area contributed by atoms with E-state index in [0.29, 0.717) is 17.5 Å². The van der Waals surface area contributed by atoms with E-state index in [2.05, 4.69) is 21.4 Å². The molecule has 0 aliphatic carbocycles. The number of piperazine rings is 1. The summed E-state index contributed by atoms with van der Waals surface area (Å²) in [6.45, 7) is -0.0142. The van der Waals surface area contributed by atoms with Crippen molar-refractivity contribution in [3.8, 4) is 0 Å². The second-order valence-electron chi connectivity index (χ2n) is 7.09. The van der Waals surface area contributed by atoms with Gasteiger partial charge in [-0.15, -0.1) is 0 Å². The summed E-state index contributed by atoms with van der Waals surface area (Å²) in [5.41, 5.74) is 2.26. The highest BCUT2D eigenvalue weighted by Gasteiger charge is 2.42. The summed E-state index contributed by atoms with van der Waals surface area (Å²) in [4.78, 5) is 18.1. The Balaban J connectivity index is 1.82. The topological polar surface area (TPSA) is 122 Å². The average Bonchev–Trinajstić information content (AvgIpc) is 2.72. The van der Waals surface area contributed by atoms with E-state index in [9.17, 15) is 21.6 Å². The molecule has 0 aromatic heterocycles. The molecule has 0 radical (unpaired) electrons. The van der Waals surface area contributed by atoms with Crippen LogP contribution in [0.2, 0.25) is 0 Å². The molecule has 1 aromatic rings. The third kappa shape index (κ3) is 5.58. The number of carbonyl (C=O) groups excluding carboxylic acids is 1. The largest absolute Gasteiger partial charge is 0.350 e. The minimum absolute atomic E-state index is 0.00726. The molecule has 2 saturated heterocycles. The second-order valence-corrected chi connectivity index (χ2v) is 11.9. The van der Waals surface area contributed by atoms with Crippen LogP contribution in [0.5, 0.6) is 0 Å². The molecule has 30 heavy (non-hydrogen) atoms. The Labute approximate surface area is 184 Å². The zero-order chi connectivity index (χ0) is 21.9. The zero-order valence-corrected chi connectivity index (χ0v) is 19.6. The van der Waals surface area contributed by atoms with E-state index in [0.717, 1.165) is 27.7 Å². The van der Waals surface area contributed by atoms with Crippen LogP contribution in [0.3, 0.4) is 0 Å². The van der Waals surface area contributed by atoms with Crippen LogP contribution < -0.4 is 5.48 Å². The highest BCUT2D eigenvalue weighted by atomic mass is 79.9. The summed E-state index contributed by atoms with van der Waals surface area (Å²) < 4.78 is 58.5. The Kier molecular flexibility index (Phi) is 7.53. The molecule has 2 fully saturated rings. The smallest absolute Gasteiger partial charge is 0.263 e. The predicted octanol–water partition coefficient (Wildman–Crippen LogP) is 0.658. The van der Waals surface area contributed by atoms with Crippen molar-refractivity contribution < 1.29 is 31.2 Å². The summed E-state index contributed by atoms with van der Waals surface area (Å²) in [6.07, 6.45) is 2.79. The number of rotatable bonds is 6. The number of nitrogens with one attached hydrogen (secondary N) is 1. The molecule has 168 valence electrons. The van der Waals surface area contributed by atoms with E-state index in [1.807, 2.05) is 0 Å². The van der Waals surface area contributed by atoms with Crippen LogP contribution in [0.1, 0.15) is 19.3 Å². The molecule has 3 rings (SSSR count). The molecule has 10 nitrogen and oxygen atoms in total. The van der Waals surface area contributed by atoms with Crippen molar-refractivity contribution in [3.05, 3.63) is 28.7 Å². The Bertz CT molecular complexity index is 964. The second kappa shape index (κ2) is 9.59. The van der Waals surface area contributed by atoms with Crippen LogP contribution >= 0.6 is 15.9 Å². The lowest BCUT2D eigenvalue weighted by atomic mass is 10.2. The Hall–Kier alpha value is -1.09. The molecule has 0 bridgehead atoms. The van der Waals surface area contributed by atoms with Crippen molar-refractivity contribution in [1.29, 1.82) is 0 Å². The van der Waals surface area contributed by atoms with Gasteiger partial charge in [0, 0.05) is 37.1 Å². The van der Waals surface area contributed by atoms with Crippen molar-refractivity contribution in [2.75, 3.05) is 32.5 Å². The molecule has 1 aromatic carbocycles. The number of sulfonamides is 2. The fourth-order valence-electron chi connectivity index (χ4n) is 3.28. The van der Waals surface area contributed by atoms with Gasteiger partial charge in [-0.05, 0) is 37.1 Å². The molecule has 1 amide bonds. The van der Waals surface area contributed by atoms with Crippen LogP contribution in [0.25, 0.3) is 0 Å². The maximum Gasteiger partial charge on any atom is 0.263 e. The lowest BCUT2D eigenvalue weighted by Crippen LogP contribution is -2.61. The summed E-state index contributed by atoms with van der Waals surface area (Å²) in [5.74, 6) is -0.752. The van der Waals surface area contributed by atoms with Gasteiger partial charge in [-0.3, -0.25) is 4.79 Å². The van der Waals surface area contributed by atoms with Crippen LogP contribution in [0.4, 0.5) is 0 Å². The average molecular weight is 526 g/mol. The van der Waals surface area contributed by atoms with Gasteiger partial charge in [-0.1, -0.05) is 15.9 Å². The highest BCUT2D eigenvalue weighted by Crippen LogP contribution is 2.24. The normalized spacial score (nSPS) is 24.5. The monoisotopic (exact) mass is 525 g/mol. The van der Waals surface area contributed by atoms with E-state index in [-0.39, 0.29) is 24.5 Å². The molecule has 2 aliphatic rings. The molecular weight excluding hydrogens is 502 g/mol. The first-order chi connectivity index (χ1) is 14.1. The lowest BCUT2D eigenvalue weighted by Gasteiger charge is -2.38. The van der Waals surface area contributed by atoms with Crippen LogP contribution in [0, 0.1) is 0 Å². The molecule has 2 aliphatic heterocycles. The van der Waals surface area contributed by atoms with Gasteiger partial charge in [-0.25, -0.2) is 27.2 Å². The third-order valence-electron chi connectivity index (χ3n) is 4.91. The maximum atomic E-state index is 13.2. The number of hydrogen-bond donors (Lipinski definition) is 1. The van der Waals surface area contributed by atoms with Gasteiger partial charge in [0.1, 0.15) is 6.04 Å². The SMILES string of the molecule is CS(=O)(=O)N1CCN(S(=O)(=O)c2ccc(Br)cc2)[C@@H](C(=O)NOC2CCCCO2)C1. The molecule has 1 N–H and O–H groups in total. The van der Waals surface area contributed by atoms with Gasteiger partial charge in [0.15, 0.2) is 6.29 Å². The number of carbonyl (C=O) groups is 1. The van der Waals surface area contributed by atoms with Crippen LogP contribution in [-0.2, 0) is 34.4 Å². The lowest BCUT2D eigenvalue weighted by molar-refractivity contribution is -0.202. The zero-order valence-electron chi connectivity index (χ0n) is 16.4. The number of halogens is 1. The minimum atomic E-state index is -4.04. The number of ether oxygens (including phenoxy) is 1. The first kappa shape index (κ1) is 23.6. The standard InChI is InChI=1S/C17H24BrN3O7S2/c1-29(23,24)20-9-10-21(30(25,26)14-7-5-13(18)6-8-14)15(12-20)17(22)19-28-16-4-2-3-11-27-16/h5-8,15-16H,2-4,9-12H2,1H3,(H,19,22)/t15-,16?/m1/s1. The molecule has 0 saturated carbocycles. The van der Waals surface area contributed by atoms with Gasteiger partial charge in [0.25, 0.3) is 5.91 Å². The number of amides is 1. The fourth-order valence-corrected chi connectivity index (χ4v) is 5.94. The van der Waals surface area contributed by atoms with Crippen LogP contribution in [-0.4, -0.2) is 76.2 Å². The summed E-state index contributed by atoms with van der Waals surface area (Å²) >= 11 is 3.26. The fraction of sp³-hybridized carbons (Fsp3) is 0.588. The molecule has 1 unspecified atom stereocenters. The van der Waals surface area contributed by atoms with E-state index in [4.69, 9.17) is 9.57 Å². The summed E-state index contributed by atoms with van der Waals surface area (Å²) in [5, 5.41) is 0. The minimum Gasteiger partial charge on any atom is -0.350 e. The number of hydroxylamine groups is 1. The first-order valence-electron chi connectivity index (χ1n) is 9.38. The van der Waals surface area contributed by atoms with Crippen molar-refractivity contribution in [3.63, 3.8) is 0 Å². The summed E-state index contributed by atoms with van der Waals surface area (Å²) in [7, 11) is -7.65. The van der Waals surface area contributed by atoms with E-state index in [1.165, 1.54) is 12.1 Å². The number of hydrogen-bond acceptors (Lipinski definition) is 7. The number of nitrogens with zero attached hydrogens (tertiary/aromatic N) is 2. The van der Waals surface area contributed by atoms with Crippen molar-refractivity contribution in [2.24, 2.45) is 0 Å². The molecule has 2 atom stereocenters. The van der Waals surface area contributed by atoms with Crippen molar-refractivity contribution in [1.82, 2.24) is 14.1 Å². The molecular formula is C17H24BrN3O7S2. The van der Waals surface area contributed by atoms with Gasteiger partial charge in [0.2, 0.25) is 20.0 Å². The van der Waals surface area contributed by atoms with Crippen molar-refractivity contribution in [2.45, 2.75) is 36.5 Å². The van der Waals surface area contributed by atoms with E-state index < -0.39 is 38.3 Å². The van der Waals surface area contributed by atoms with E-state index in [1.54, 1.807) is 12.1 Å². The Morgan fingerprint density at radius 2 is 1.87 bits per heavy atom. The maximum absolute atomic E-state index is 13.2. The Morgan fingerprint density at radius 3 is 2.47 bits per heavy atom. The van der Waals surface area contributed by atoms with Crippen molar-refractivity contribution >= 4 is 41.9 Å². The predicted molar refractivity (Wildman–Crippen MR) is 111 cm³/mol. The quantitative estimate of drug-likeness (QED) is 0.541. The third-order valence-corrected chi connectivity index (χ3v) is 8.64.